The van der Waals surface area contributed by atoms with Gasteiger partial charge in [0.25, 0.3) is 0 Å². The van der Waals surface area contributed by atoms with Crippen LogP contribution < -0.4 is 5.73 Å². The standard InChI is InChI=1S/C7H13NOS/c8-4-3-7(9)10-5-1-2-6-10/h1-2,5-7,9-10H,3-4,8H2. The second-order valence-corrected chi connectivity index (χ2v) is 4.28. The molecule has 0 aliphatic carbocycles. The van der Waals surface area contributed by atoms with Crippen LogP contribution in [0.2, 0.25) is 0 Å². The number of hydrogen-bond acceptors (Lipinski definition) is 2. The minimum atomic E-state index is -0.398. The third-order valence-electron chi connectivity index (χ3n) is 1.40. The first-order valence-electron chi connectivity index (χ1n) is 3.35. The Morgan fingerprint density at radius 1 is 1.40 bits per heavy atom. The number of hydrogen-bond donors (Lipinski definition) is 3. The predicted octanol–water partition coefficient (Wildman–Crippen LogP) is 0.696. The van der Waals surface area contributed by atoms with Gasteiger partial charge >= 0.3 is 0 Å². The summed E-state index contributed by atoms with van der Waals surface area (Å²) in [6.07, 6.45) is 4.66. The summed E-state index contributed by atoms with van der Waals surface area (Å²) in [5, 5.41) is 13.5. The fourth-order valence-corrected chi connectivity index (χ4v) is 2.38. The molecule has 0 fully saturated rings. The van der Waals surface area contributed by atoms with E-state index >= 15 is 0 Å². The van der Waals surface area contributed by atoms with Crippen molar-refractivity contribution in [3.05, 3.63) is 23.0 Å². The van der Waals surface area contributed by atoms with Crippen molar-refractivity contribution in [3.63, 3.8) is 0 Å². The Balaban J connectivity index is 2.33. The molecule has 1 unspecified atom stereocenters. The Morgan fingerprint density at radius 2 is 2.00 bits per heavy atom. The van der Waals surface area contributed by atoms with Crippen LogP contribution in [0.15, 0.2) is 23.0 Å². The lowest BCUT2D eigenvalue weighted by molar-refractivity contribution is 0.255. The maximum atomic E-state index is 9.40. The Labute approximate surface area is 63.8 Å². The van der Waals surface area contributed by atoms with Gasteiger partial charge in [-0.2, -0.15) is 10.9 Å². The molecule has 1 aliphatic rings. The van der Waals surface area contributed by atoms with Crippen LogP contribution >= 0.6 is 10.9 Å². The molecule has 0 bridgehead atoms. The van der Waals surface area contributed by atoms with Gasteiger partial charge in [-0.25, -0.2) is 0 Å². The first-order valence-corrected chi connectivity index (χ1v) is 4.90. The van der Waals surface area contributed by atoms with Crippen LogP contribution in [0.4, 0.5) is 0 Å². The van der Waals surface area contributed by atoms with Crippen molar-refractivity contribution in [3.8, 4) is 0 Å². The average molecular weight is 159 g/mol. The van der Waals surface area contributed by atoms with Gasteiger partial charge in [-0.1, -0.05) is 12.2 Å². The first-order chi connectivity index (χ1) is 4.84. The van der Waals surface area contributed by atoms with Gasteiger partial charge < -0.3 is 10.8 Å². The van der Waals surface area contributed by atoms with Crippen molar-refractivity contribution in [2.75, 3.05) is 6.54 Å². The molecular weight excluding hydrogens is 146 g/mol. The van der Waals surface area contributed by atoms with Gasteiger partial charge in [0.2, 0.25) is 0 Å². The molecule has 3 heteroatoms. The van der Waals surface area contributed by atoms with E-state index in [1.165, 1.54) is 0 Å². The minimum absolute atomic E-state index is 0.227. The molecule has 0 aromatic rings. The molecule has 0 aromatic heterocycles. The summed E-state index contributed by atoms with van der Waals surface area (Å²) >= 11 is 0. The lowest BCUT2D eigenvalue weighted by atomic mass is 10.5. The summed E-state index contributed by atoms with van der Waals surface area (Å²) in [6, 6.07) is 0. The van der Waals surface area contributed by atoms with Crippen molar-refractivity contribution >= 4 is 10.9 Å². The Kier molecular flexibility index (Phi) is 2.99. The van der Waals surface area contributed by atoms with Gasteiger partial charge in [-0.05, 0) is 23.8 Å². The average Bonchev–Trinajstić information content (AvgIpc) is 2.38. The molecule has 0 radical (unpaired) electrons. The highest BCUT2D eigenvalue weighted by molar-refractivity contribution is 8.22. The van der Waals surface area contributed by atoms with E-state index in [0.717, 1.165) is 0 Å². The third-order valence-corrected chi connectivity index (χ3v) is 3.38. The molecule has 1 atom stereocenters. The molecule has 0 spiro atoms. The van der Waals surface area contributed by atoms with Gasteiger partial charge in [-0.3, -0.25) is 0 Å². The number of rotatable bonds is 3. The van der Waals surface area contributed by atoms with E-state index in [1.54, 1.807) is 0 Å². The molecule has 2 nitrogen and oxygen atoms in total. The van der Waals surface area contributed by atoms with Gasteiger partial charge in [0.1, 0.15) is 0 Å². The second kappa shape index (κ2) is 3.81. The van der Waals surface area contributed by atoms with Gasteiger partial charge in [-0.15, -0.1) is 0 Å². The van der Waals surface area contributed by atoms with E-state index in [4.69, 9.17) is 5.73 Å². The number of nitrogens with two attached hydrogens (primary N) is 1. The molecule has 1 rings (SSSR count). The predicted molar refractivity (Wildman–Crippen MR) is 46.9 cm³/mol. The van der Waals surface area contributed by atoms with E-state index in [-0.39, 0.29) is 5.44 Å². The maximum Gasteiger partial charge on any atom is 0.0895 e. The zero-order chi connectivity index (χ0) is 7.40. The minimum Gasteiger partial charge on any atom is -0.384 e. The number of allylic oxidation sites excluding steroid dienone is 2. The van der Waals surface area contributed by atoms with Crippen LogP contribution in [-0.2, 0) is 0 Å². The Morgan fingerprint density at radius 3 is 2.50 bits per heavy atom. The quantitative estimate of drug-likeness (QED) is 0.531. The largest absolute Gasteiger partial charge is 0.384 e. The topological polar surface area (TPSA) is 46.2 Å². The summed E-state index contributed by atoms with van der Waals surface area (Å²) in [4.78, 5) is 0. The van der Waals surface area contributed by atoms with Crippen molar-refractivity contribution in [2.45, 2.75) is 11.9 Å². The number of thiol groups is 1. The van der Waals surface area contributed by atoms with E-state index in [0.29, 0.717) is 13.0 Å². The molecule has 10 heavy (non-hydrogen) atoms. The Bertz CT molecular complexity index is 144. The van der Waals surface area contributed by atoms with Crippen molar-refractivity contribution < 1.29 is 5.11 Å². The summed E-state index contributed by atoms with van der Waals surface area (Å²) in [7, 11) is -0.398. The maximum absolute atomic E-state index is 9.40. The molecule has 0 aromatic carbocycles. The fraction of sp³-hybridized carbons (Fsp3) is 0.429. The molecular formula is C7H13NOS. The van der Waals surface area contributed by atoms with Gasteiger partial charge in [0, 0.05) is 0 Å². The van der Waals surface area contributed by atoms with Crippen LogP contribution in [0.3, 0.4) is 0 Å². The van der Waals surface area contributed by atoms with Gasteiger partial charge in [0.05, 0.1) is 5.44 Å². The van der Waals surface area contributed by atoms with Crippen LogP contribution in [-0.4, -0.2) is 17.1 Å². The molecule has 0 saturated heterocycles. The smallest absolute Gasteiger partial charge is 0.0895 e. The normalized spacial score (nSPS) is 22.0. The highest BCUT2D eigenvalue weighted by atomic mass is 32.2. The highest BCUT2D eigenvalue weighted by Gasteiger charge is 2.09. The molecule has 1 aliphatic heterocycles. The Hall–Kier alpha value is -0.250. The lowest BCUT2D eigenvalue weighted by Gasteiger charge is -2.16. The van der Waals surface area contributed by atoms with E-state index in [2.05, 4.69) is 10.8 Å². The van der Waals surface area contributed by atoms with E-state index in [9.17, 15) is 5.11 Å². The summed E-state index contributed by atoms with van der Waals surface area (Å²) in [5.41, 5.74) is 5.07. The third kappa shape index (κ3) is 1.87. The monoisotopic (exact) mass is 159 g/mol. The van der Waals surface area contributed by atoms with Crippen LogP contribution in [0, 0.1) is 0 Å². The molecule has 0 amide bonds. The summed E-state index contributed by atoms with van der Waals surface area (Å²) in [6.45, 7) is 0.571. The molecule has 0 saturated carbocycles. The van der Waals surface area contributed by atoms with E-state index < -0.39 is 10.9 Å². The van der Waals surface area contributed by atoms with Crippen molar-refractivity contribution in [2.24, 2.45) is 5.73 Å². The SMILES string of the molecule is NCCC(O)[SH]1C=CC=C1. The van der Waals surface area contributed by atoms with Crippen LogP contribution in [0.5, 0.6) is 0 Å². The van der Waals surface area contributed by atoms with Gasteiger partial charge in [0.15, 0.2) is 0 Å². The fourth-order valence-electron chi connectivity index (χ4n) is 0.845. The van der Waals surface area contributed by atoms with Crippen LogP contribution in [0.1, 0.15) is 6.42 Å². The zero-order valence-corrected chi connectivity index (χ0v) is 6.67. The first kappa shape index (κ1) is 7.85. The molecule has 1 heterocycles. The lowest BCUT2D eigenvalue weighted by Crippen LogP contribution is -2.11. The number of aliphatic hydroxyl groups is 1. The zero-order valence-electron chi connectivity index (χ0n) is 5.77. The summed E-state index contributed by atoms with van der Waals surface area (Å²) < 4.78 is 0. The highest BCUT2D eigenvalue weighted by Crippen LogP contribution is 2.37. The van der Waals surface area contributed by atoms with Crippen molar-refractivity contribution in [1.29, 1.82) is 0 Å². The van der Waals surface area contributed by atoms with E-state index in [1.807, 2.05) is 12.2 Å². The summed E-state index contributed by atoms with van der Waals surface area (Å²) in [5.74, 6) is 0. The second-order valence-electron chi connectivity index (χ2n) is 2.19. The van der Waals surface area contributed by atoms with Crippen LogP contribution in [0.25, 0.3) is 0 Å². The number of aliphatic hydroxyl groups excluding tert-OH is 1. The van der Waals surface area contributed by atoms with Crippen molar-refractivity contribution in [1.82, 2.24) is 0 Å². The molecule has 3 N–H and O–H groups in total. The molecule has 58 valence electrons.